The number of sulfonamides is 1. The summed E-state index contributed by atoms with van der Waals surface area (Å²) < 4.78 is 27.8. The molecule has 1 aliphatic rings. The molecule has 116 valence electrons. The number of piperidine rings is 1. The predicted octanol–water partition coefficient (Wildman–Crippen LogP) is 0.516. The molecule has 0 radical (unpaired) electrons. The van der Waals surface area contributed by atoms with Crippen LogP contribution in [0, 0.1) is 0 Å². The number of nitrogens with zero attached hydrogens (tertiary/aromatic N) is 2. The molecule has 1 aromatic heterocycles. The lowest BCUT2D eigenvalue weighted by Crippen LogP contribution is -2.45. The fraction of sp³-hybridized carbons (Fsp3) is 0.538. The number of pyridine rings is 1. The number of carbonyl (C=O) groups excluding carboxylic acids is 1. The average molecular weight is 313 g/mol. The lowest BCUT2D eigenvalue weighted by Gasteiger charge is -2.32. The minimum absolute atomic E-state index is 0.308. The second-order valence-corrected chi connectivity index (χ2v) is 6.77. The fourth-order valence-corrected chi connectivity index (χ4v) is 3.21. The quantitative estimate of drug-likeness (QED) is 0.813. The first kappa shape index (κ1) is 15.7. The Morgan fingerprint density at radius 3 is 2.86 bits per heavy atom. The lowest BCUT2D eigenvalue weighted by atomic mass is 10.1. The zero-order valence-electron chi connectivity index (χ0n) is 11.9. The maximum absolute atomic E-state index is 11.5. The third kappa shape index (κ3) is 3.92. The molecule has 1 unspecified atom stereocenters. The summed E-state index contributed by atoms with van der Waals surface area (Å²) in [5, 5.41) is 4.64. The first-order valence-electron chi connectivity index (χ1n) is 6.81. The molecule has 21 heavy (non-hydrogen) atoms. The molecule has 1 fully saturated rings. The van der Waals surface area contributed by atoms with Gasteiger partial charge in [0.2, 0.25) is 10.0 Å². The molecule has 7 nitrogen and oxygen atoms in total. The van der Waals surface area contributed by atoms with Crippen molar-refractivity contribution < 1.29 is 17.9 Å². The molecule has 0 aliphatic carbocycles. The number of hydrogen-bond donors (Lipinski definition) is 1. The predicted molar refractivity (Wildman–Crippen MR) is 78.5 cm³/mol. The Bertz CT molecular complexity index is 600. The second-order valence-electron chi connectivity index (χ2n) is 4.92. The Balaban J connectivity index is 2.10. The van der Waals surface area contributed by atoms with Crippen molar-refractivity contribution in [2.75, 3.05) is 24.6 Å². The van der Waals surface area contributed by atoms with Crippen LogP contribution >= 0.6 is 0 Å². The summed E-state index contributed by atoms with van der Waals surface area (Å²) in [6.45, 7) is 3.09. The summed E-state index contributed by atoms with van der Waals surface area (Å²) >= 11 is 0. The van der Waals surface area contributed by atoms with Crippen LogP contribution in [0.5, 0.6) is 0 Å². The number of hydrogen-bond acceptors (Lipinski definition) is 6. The zero-order chi connectivity index (χ0) is 15.5. The van der Waals surface area contributed by atoms with E-state index in [2.05, 4.69) is 4.98 Å². The van der Waals surface area contributed by atoms with E-state index < -0.39 is 21.2 Å². The highest BCUT2D eigenvalue weighted by atomic mass is 32.2. The SMILES string of the molecule is CCOC(=O)c1ccc(N2CCCC(S(N)(=O)=O)C2)nc1. The molecule has 0 bridgehead atoms. The van der Waals surface area contributed by atoms with E-state index in [1.807, 2.05) is 4.90 Å². The standard InChI is InChI=1S/C13H19N3O4S/c1-2-20-13(17)10-5-6-12(15-8-10)16-7-3-4-11(9-16)21(14,18)19/h5-6,8,11H,2-4,7,9H2,1H3,(H2,14,18,19). The third-order valence-electron chi connectivity index (χ3n) is 3.43. The Labute approximate surface area is 124 Å². The van der Waals surface area contributed by atoms with Gasteiger partial charge in [0, 0.05) is 19.3 Å². The van der Waals surface area contributed by atoms with Crippen molar-refractivity contribution in [2.24, 2.45) is 5.14 Å². The van der Waals surface area contributed by atoms with Crippen LogP contribution in [-0.4, -0.2) is 44.3 Å². The molecule has 1 aliphatic heterocycles. The largest absolute Gasteiger partial charge is 0.462 e. The van der Waals surface area contributed by atoms with Crippen LogP contribution in [0.1, 0.15) is 30.1 Å². The summed E-state index contributed by atoms with van der Waals surface area (Å²) in [6.07, 6.45) is 2.74. The van der Waals surface area contributed by atoms with E-state index in [1.54, 1.807) is 19.1 Å². The van der Waals surface area contributed by atoms with Gasteiger partial charge in [-0.25, -0.2) is 23.3 Å². The molecule has 0 saturated carbocycles. The number of ether oxygens (including phenoxy) is 1. The first-order valence-corrected chi connectivity index (χ1v) is 8.42. The van der Waals surface area contributed by atoms with Gasteiger partial charge in [-0.1, -0.05) is 0 Å². The van der Waals surface area contributed by atoms with E-state index in [0.717, 1.165) is 13.0 Å². The van der Waals surface area contributed by atoms with Crippen molar-refractivity contribution in [3.8, 4) is 0 Å². The van der Waals surface area contributed by atoms with Crippen LogP contribution < -0.4 is 10.0 Å². The van der Waals surface area contributed by atoms with Crippen LogP contribution in [0.3, 0.4) is 0 Å². The molecule has 2 rings (SSSR count). The molecule has 2 heterocycles. The van der Waals surface area contributed by atoms with Gasteiger partial charge in [-0.05, 0) is 31.9 Å². The average Bonchev–Trinajstić information content (AvgIpc) is 2.47. The first-order chi connectivity index (χ1) is 9.91. The summed E-state index contributed by atoms with van der Waals surface area (Å²) in [4.78, 5) is 17.6. The number of aromatic nitrogens is 1. The summed E-state index contributed by atoms with van der Waals surface area (Å²) in [5.74, 6) is 0.217. The molecular weight excluding hydrogens is 294 g/mol. The van der Waals surface area contributed by atoms with Crippen molar-refractivity contribution in [1.29, 1.82) is 0 Å². The van der Waals surface area contributed by atoms with Gasteiger partial charge in [-0.2, -0.15) is 0 Å². The van der Waals surface area contributed by atoms with Gasteiger partial charge in [0.1, 0.15) is 5.82 Å². The highest BCUT2D eigenvalue weighted by molar-refractivity contribution is 7.89. The number of carbonyl (C=O) groups is 1. The van der Waals surface area contributed by atoms with Crippen LogP contribution in [0.15, 0.2) is 18.3 Å². The minimum atomic E-state index is -3.54. The van der Waals surface area contributed by atoms with Crippen LogP contribution in [0.2, 0.25) is 0 Å². The normalized spacial score (nSPS) is 19.3. The minimum Gasteiger partial charge on any atom is -0.462 e. The number of anilines is 1. The third-order valence-corrected chi connectivity index (χ3v) is 4.74. The van der Waals surface area contributed by atoms with Gasteiger partial charge in [0.25, 0.3) is 0 Å². The second kappa shape index (κ2) is 6.40. The molecule has 1 aromatic rings. The van der Waals surface area contributed by atoms with E-state index in [-0.39, 0.29) is 0 Å². The molecule has 2 N–H and O–H groups in total. The molecular formula is C13H19N3O4S. The molecule has 0 aromatic carbocycles. The Morgan fingerprint density at radius 2 is 2.29 bits per heavy atom. The van der Waals surface area contributed by atoms with Crippen molar-refractivity contribution in [3.05, 3.63) is 23.9 Å². The highest BCUT2D eigenvalue weighted by Crippen LogP contribution is 2.21. The maximum atomic E-state index is 11.5. The molecule has 1 saturated heterocycles. The monoisotopic (exact) mass is 313 g/mol. The molecule has 0 spiro atoms. The maximum Gasteiger partial charge on any atom is 0.339 e. The van der Waals surface area contributed by atoms with E-state index >= 15 is 0 Å². The molecule has 0 amide bonds. The van der Waals surface area contributed by atoms with Gasteiger partial charge in [-0.3, -0.25) is 0 Å². The Hall–Kier alpha value is -1.67. The van der Waals surface area contributed by atoms with Crippen molar-refractivity contribution >= 4 is 21.8 Å². The summed E-state index contributed by atoms with van der Waals surface area (Å²) in [5.41, 5.74) is 0.376. The topological polar surface area (TPSA) is 103 Å². The van der Waals surface area contributed by atoms with E-state index in [0.29, 0.717) is 31.0 Å². The number of rotatable bonds is 4. The van der Waals surface area contributed by atoms with Gasteiger partial charge in [0.05, 0.1) is 17.4 Å². The van der Waals surface area contributed by atoms with Gasteiger partial charge < -0.3 is 9.64 Å². The lowest BCUT2D eigenvalue weighted by molar-refractivity contribution is 0.0526. The van der Waals surface area contributed by atoms with E-state index in [9.17, 15) is 13.2 Å². The number of esters is 1. The number of nitrogens with two attached hydrogens (primary N) is 1. The van der Waals surface area contributed by atoms with E-state index in [1.165, 1.54) is 6.20 Å². The van der Waals surface area contributed by atoms with Crippen LogP contribution in [-0.2, 0) is 14.8 Å². The van der Waals surface area contributed by atoms with Gasteiger partial charge in [-0.15, -0.1) is 0 Å². The van der Waals surface area contributed by atoms with Crippen molar-refractivity contribution in [3.63, 3.8) is 0 Å². The summed E-state index contributed by atoms with van der Waals surface area (Å²) in [7, 11) is -3.54. The fourth-order valence-electron chi connectivity index (χ4n) is 2.32. The number of primary sulfonamides is 1. The van der Waals surface area contributed by atoms with Gasteiger partial charge >= 0.3 is 5.97 Å². The van der Waals surface area contributed by atoms with Gasteiger partial charge in [0.15, 0.2) is 0 Å². The Kier molecular flexibility index (Phi) is 4.79. The highest BCUT2D eigenvalue weighted by Gasteiger charge is 2.28. The van der Waals surface area contributed by atoms with Crippen molar-refractivity contribution in [2.45, 2.75) is 25.0 Å². The molecule has 8 heteroatoms. The summed E-state index contributed by atoms with van der Waals surface area (Å²) in [6, 6.07) is 3.32. The Morgan fingerprint density at radius 1 is 1.52 bits per heavy atom. The smallest absolute Gasteiger partial charge is 0.339 e. The zero-order valence-corrected chi connectivity index (χ0v) is 12.7. The van der Waals surface area contributed by atoms with E-state index in [4.69, 9.17) is 9.88 Å². The molecule has 1 atom stereocenters. The van der Waals surface area contributed by atoms with Crippen LogP contribution in [0.4, 0.5) is 5.82 Å². The van der Waals surface area contributed by atoms with Crippen LogP contribution in [0.25, 0.3) is 0 Å². The van der Waals surface area contributed by atoms with Crippen molar-refractivity contribution in [1.82, 2.24) is 4.98 Å².